The van der Waals surface area contributed by atoms with Crippen LogP contribution in [0.25, 0.3) is 0 Å². The minimum Gasteiger partial charge on any atom is -0.480 e. The van der Waals surface area contributed by atoms with Gasteiger partial charge in [0.2, 0.25) is 0 Å². The summed E-state index contributed by atoms with van der Waals surface area (Å²) in [6, 6.07) is -1.33. The van der Waals surface area contributed by atoms with Crippen LogP contribution in [0.15, 0.2) is 0 Å². The highest BCUT2D eigenvalue weighted by Crippen LogP contribution is 2.29. The van der Waals surface area contributed by atoms with Crippen molar-refractivity contribution < 1.29 is 19.8 Å². The van der Waals surface area contributed by atoms with E-state index in [-0.39, 0.29) is 6.54 Å². The summed E-state index contributed by atoms with van der Waals surface area (Å²) in [6.07, 6.45) is 3.66. The average Bonchev–Trinajstić information content (AvgIpc) is 2.71. The highest BCUT2D eigenvalue weighted by atomic mass is 16.4. The summed E-state index contributed by atoms with van der Waals surface area (Å²) in [6.45, 7) is 1.94. The van der Waals surface area contributed by atoms with Crippen LogP contribution in [-0.4, -0.2) is 52.3 Å². The van der Waals surface area contributed by atoms with Gasteiger partial charge in [-0.2, -0.15) is 0 Å². The Labute approximate surface area is 107 Å². The van der Waals surface area contributed by atoms with Gasteiger partial charge in [0.05, 0.1) is 12.1 Å². The Morgan fingerprint density at radius 1 is 1.39 bits per heavy atom. The van der Waals surface area contributed by atoms with Crippen molar-refractivity contribution in [2.24, 2.45) is 0 Å². The number of nitrogens with one attached hydrogen (secondary N) is 1. The van der Waals surface area contributed by atoms with Crippen LogP contribution in [0.3, 0.4) is 0 Å². The summed E-state index contributed by atoms with van der Waals surface area (Å²) in [5.41, 5.74) is -0.809. The monoisotopic (exact) mass is 258 g/mol. The van der Waals surface area contributed by atoms with Gasteiger partial charge in [0, 0.05) is 7.05 Å². The Hall–Kier alpha value is -1.30. The molecule has 0 aromatic carbocycles. The molecule has 0 aromatic rings. The Morgan fingerprint density at radius 3 is 2.39 bits per heavy atom. The van der Waals surface area contributed by atoms with E-state index in [2.05, 4.69) is 5.32 Å². The van der Waals surface area contributed by atoms with Crippen LogP contribution in [0.1, 0.15) is 39.0 Å². The second-order valence-corrected chi connectivity index (χ2v) is 5.04. The fourth-order valence-electron chi connectivity index (χ4n) is 2.30. The molecule has 1 saturated carbocycles. The first-order chi connectivity index (χ1) is 8.38. The largest absolute Gasteiger partial charge is 0.480 e. The predicted octanol–water partition coefficient (Wildman–Crippen LogP) is 0.796. The summed E-state index contributed by atoms with van der Waals surface area (Å²) in [4.78, 5) is 24.0. The molecule has 1 fully saturated rings. The number of aliphatic carboxylic acids is 1. The van der Waals surface area contributed by atoms with Gasteiger partial charge in [0.15, 0.2) is 0 Å². The number of aliphatic hydroxyl groups is 1. The molecular weight excluding hydrogens is 236 g/mol. The van der Waals surface area contributed by atoms with E-state index < -0.39 is 23.6 Å². The zero-order chi connectivity index (χ0) is 13.8. The topological polar surface area (TPSA) is 89.9 Å². The third kappa shape index (κ3) is 3.87. The lowest BCUT2D eigenvalue weighted by Crippen LogP contribution is -2.50. The van der Waals surface area contributed by atoms with Gasteiger partial charge in [0.25, 0.3) is 0 Å². The minimum absolute atomic E-state index is 0.245. The molecule has 0 aliphatic heterocycles. The second kappa shape index (κ2) is 6.04. The number of rotatable bonds is 5. The first-order valence-corrected chi connectivity index (χ1v) is 6.35. The molecule has 0 spiro atoms. The highest BCUT2D eigenvalue weighted by molar-refractivity contribution is 5.82. The fourth-order valence-corrected chi connectivity index (χ4v) is 2.30. The lowest BCUT2D eigenvalue weighted by atomic mass is 10.0. The lowest BCUT2D eigenvalue weighted by Gasteiger charge is -2.29. The van der Waals surface area contributed by atoms with Crippen LogP contribution in [-0.2, 0) is 4.79 Å². The number of amides is 2. The number of likely N-dealkylation sites (N-methyl/N-ethyl adjacent to an activating group) is 1. The molecule has 18 heavy (non-hydrogen) atoms. The van der Waals surface area contributed by atoms with E-state index in [4.69, 9.17) is 5.11 Å². The quantitative estimate of drug-likeness (QED) is 0.680. The first kappa shape index (κ1) is 14.8. The standard InChI is InChI=1S/C12H22N2O4/c1-3-9(10(15)16)13-11(17)14(2)8-12(18)6-4-5-7-12/h9,18H,3-8H2,1-2H3,(H,13,17)(H,15,16). The molecule has 0 saturated heterocycles. The fraction of sp³-hybridized carbons (Fsp3) is 0.833. The number of hydrogen-bond acceptors (Lipinski definition) is 3. The Balaban J connectivity index is 2.48. The van der Waals surface area contributed by atoms with Crippen molar-refractivity contribution in [1.29, 1.82) is 0 Å². The SMILES string of the molecule is CCC(NC(=O)N(C)CC1(O)CCCC1)C(=O)O. The first-order valence-electron chi connectivity index (χ1n) is 6.35. The van der Waals surface area contributed by atoms with Crippen LogP contribution in [0.2, 0.25) is 0 Å². The number of carbonyl (C=O) groups is 2. The molecule has 0 radical (unpaired) electrons. The maximum atomic E-state index is 11.8. The van der Waals surface area contributed by atoms with Crippen LogP contribution >= 0.6 is 0 Å². The maximum absolute atomic E-state index is 11.8. The second-order valence-electron chi connectivity index (χ2n) is 5.04. The average molecular weight is 258 g/mol. The molecule has 1 rings (SSSR count). The van der Waals surface area contributed by atoms with Crippen molar-refractivity contribution in [2.45, 2.75) is 50.7 Å². The number of urea groups is 1. The molecule has 6 heteroatoms. The third-order valence-corrected chi connectivity index (χ3v) is 3.42. The third-order valence-electron chi connectivity index (χ3n) is 3.42. The zero-order valence-corrected chi connectivity index (χ0v) is 11.0. The molecule has 0 bridgehead atoms. The van der Waals surface area contributed by atoms with Crippen molar-refractivity contribution in [2.75, 3.05) is 13.6 Å². The van der Waals surface area contributed by atoms with Crippen LogP contribution in [0.5, 0.6) is 0 Å². The minimum atomic E-state index is -1.04. The number of carboxylic acid groups (broad SMARTS) is 1. The summed E-state index contributed by atoms with van der Waals surface area (Å²) < 4.78 is 0. The van der Waals surface area contributed by atoms with Crippen LogP contribution < -0.4 is 5.32 Å². The van der Waals surface area contributed by atoms with Crippen LogP contribution in [0.4, 0.5) is 4.79 Å². The van der Waals surface area contributed by atoms with E-state index in [1.165, 1.54) is 4.90 Å². The molecule has 3 N–H and O–H groups in total. The summed E-state index contributed by atoms with van der Waals surface area (Å²) in [5, 5.41) is 21.5. The molecule has 0 aromatic heterocycles. The van der Waals surface area contributed by atoms with Gasteiger partial charge in [-0.05, 0) is 19.3 Å². The molecular formula is C12H22N2O4. The number of hydrogen-bond donors (Lipinski definition) is 3. The number of carboxylic acids is 1. The molecule has 6 nitrogen and oxygen atoms in total. The van der Waals surface area contributed by atoms with E-state index in [1.54, 1.807) is 14.0 Å². The van der Waals surface area contributed by atoms with Gasteiger partial charge in [-0.25, -0.2) is 9.59 Å². The summed E-state index contributed by atoms with van der Waals surface area (Å²) in [7, 11) is 1.57. The zero-order valence-electron chi connectivity index (χ0n) is 11.0. The van der Waals surface area contributed by atoms with E-state index in [1.807, 2.05) is 0 Å². The van der Waals surface area contributed by atoms with E-state index in [9.17, 15) is 14.7 Å². The molecule has 104 valence electrons. The Kier molecular flexibility index (Phi) is 4.95. The molecule has 2 amide bonds. The number of carbonyl (C=O) groups excluding carboxylic acids is 1. The van der Waals surface area contributed by atoms with Gasteiger partial charge >= 0.3 is 12.0 Å². The van der Waals surface area contributed by atoms with Gasteiger partial charge in [0.1, 0.15) is 6.04 Å². The predicted molar refractivity (Wildman–Crippen MR) is 66.3 cm³/mol. The molecule has 0 heterocycles. The van der Waals surface area contributed by atoms with Crippen molar-refractivity contribution in [1.82, 2.24) is 10.2 Å². The Bertz CT molecular complexity index is 313. The van der Waals surface area contributed by atoms with Crippen molar-refractivity contribution in [3.8, 4) is 0 Å². The smallest absolute Gasteiger partial charge is 0.326 e. The van der Waals surface area contributed by atoms with E-state index in [0.29, 0.717) is 19.3 Å². The molecule has 1 aliphatic rings. The molecule has 1 atom stereocenters. The van der Waals surface area contributed by atoms with Gasteiger partial charge < -0.3 is 20.4 Å². The normalized spacial score (nSPS) is 19.3. The van der Waals surface area contributed by atoms with Gasteiger partial charge in [-0.3, -0.25) is 0 Å². The van der Waals surface area contributed by atoms with Crippen LogP contribution in [0, 0.1) is 0 Å². The van der Waals surface area contributed by atoms with E-state index in [0.717, 1.165) is 12.8 Å². The molecule has 1 unspecified atom stereocenters. The number of nitrogens with zero attached hydrogens (tertiary/aromatic N) is 1. The van der Waals surface area contributed by atoms with Crippen molar-refractivity contribution >= 4 is 12.0 Å². The van der Waals surface area contributed by atoms with E-state index >= 15 is 0 Å². The highest BCUT2D eigenvalue weighted by Gasteiger charge is 2.33. The van der Waals surface area contributed by atoms with Gasteiger partial charge in [-0.1, -0.05) is 19.8 Å². The van der Waals surface area contributed by atoms with Gasteiger partial charge in [-0.15, -0.1) is 0 Å². The van der Waals surface area contributed by atoms with Crippen molar-refractivity contribution in [3.05, 3.63) is 0 Å². The molecule has 1 aliphatic carbocycles. The Morgan fingerprint density at radius 2 is 1.94 bits per heavy atom. The summed E-state index contributed by atoms with van der Waals surface area (Å²) >= 11 is 0. The maximum Gasteiger partial charge on any atom is 0.326 e. The van der Waals surface area contributed by atoms with Crippen molar-refractivity contribution in [3.63, 3.8) is 0 Å². The summed E-state index contributed by atoms with van der Waals surface area (Å²) in [5.74, 6) is -1.04. The lowest BCUT2D eigenvalue weighted by molar-refractivity contribution is -0.139.